The van der Waals surface area contributed by atoms with Gasteiger partial charge in [0.15, 0.2) is 0 Å². The molecule has 0 fully saturated rings. The average Bonchev–Trinajstić information content (AvgIpc) is 2.31. The summed E-state index contributed by atoms with van der Waals surface area (Å²) in [5.41, 5.74) is 6.14. The molecule has 2 N–H and O–H groups in total. The summed E-state index contributed by atoms with van der Waals surface area (Å²) in [5, 5.41) is 0.318. The van der Waals surface area contributed by atoms with Crippen molar-refractivity contribution in [2.75, 3.05) is 6.54 Å². The van der Waals surface area contributed by atoms with Crippen LogP contribution in [0.5, 0.6) is 0 Å². The zero-order chi connectivity index (χ0) is 13.5. The number of carbonyl (C=O) groups is 1. The summed E-state index contributed by atoms with van der Waals surface area (Å²) in [6.45, 7) is 2.74. The van der Waals surface area contributed by atoms with Crippen LogP contribution in [0.25, 0.3) is 0 Å². The van der Waals surface area contributed by atoms with E-state index in [9.17, 15) is 9.18 Å². The Morgan fingerprint density at radius 1 is 1.44 bits per heavy atom. The van der Waals surface area contributed by atoms with Crippen molar-refractivity contribution in [3.05, 3.63) is 34.6 Å². The number of Topliss-reactive ketones (excluding diaryl/α,β-unsaturated/α-hetero) is 1. The lowest BCUT2D eigenvalue weighted by Gasteiger charge is -2.09. The first-order valence-electron chi connectivity index (χ1n) is 6.18. The fraction of sp³-hybridized carbons (Fsp3) is 0.500. The summed E-state index contributed by atoms with van der Waals surface area (Å²) >= 11 is 5.88. The van der Waals surface area contributed by atoms with Crippen LogP contribution < -0.4 is 5.73 Å². The molecule has 0 aliphatic heterocycles. The molecular formula is C14H19ClFNO. The maximum absolute atomic E-state index is 12.8. The average molecular weight is 272 g/mol. The second-order valence-corrected chi connectivity index (χ2v) is 5.08. The Morgan fingerprint density at radius 3 is 2.78 bits per heavy atom. The fourth-order valence-electron chi connectivity index (χ4n) is 1.80. The Hall–Kier alpha value is -0.930. The van der Waals surface area contributed by atoms with Gasteiger partial charge in [-0.25, -0.2) is 4.39 Å². The van der Waals surface area contributed by atoms with Crippen molar-refractivity contribution in [3.8, 4) is 0 Å². The predicted molar refractivity (Wildman–Crippen MR) is 72.2 cm³/mol. The lowest BCUT2D eigenvalue weighted by Crippen LogP contribution is -2.09. The summed E-state index contributed by atoms with van der Waals surface area (Å²) in [7, 11) is 0. The van der Waals surface area contributed by atoms with E-state index in [1.165, 1.54) is 12.1 Å². The Bertz CT molecular complexity index is 409. The van der Waals surface area contributed by atoms with Crippen molar-refractivity contribution in [2.24, 2.45) is 11.7 Å². The van der Waals surface area contributed by atoms with Crippen LogP contribution in [0.1, 0.15) is 31.7 Å². The number of carbonyl (C=O) groups excluding carboxylic acids is 1. The zero-order valence-corrected chi connectivity index (χ0v) is 11.3. The Morgan fingerprint density at radius 2 is 2.17 bits per heavy atom. The van der Waals surface area contributed by atoms with Crippen molar-refractivity contribution < 1.29 is 9.18 Å². The van der Waals surface area contributed by atoms with E-state index < -0.39 is 0 Å². The number of hydrogen-bond donors (Lipinski definition) is 1. The molecule has 0 heterocycles. The topological polar surface area (TPSA) is 43.1 Å². The second kappa shape index (κ2) is 7.49. The van der Waals surface area contributed by atoms with Crippen molar-refractivity contribution >= 4 is 17.4 Å². The first-order chi connectivity index (χ1) is 8.52. The molecule has 1 rings (SSSR count). The molecule has 1 unspecified atom stereocenters. The second-order valence-electron chi connectivity index (χ2n) is 4.67. The van der Waals surface area contributed by atoms with Gasteiger partial charge in [-0.2, -0.15) is 0 Å². The number of nitrogens with two attached hydrogens (primary N) is 1. The van der Waals surface area contributed by atoms with Crippen molar-refractivity contribution in [2.45, 2.75) is 32.6 Å². The summed E-state index contributed by atoms with van der Waals surface area (Å²) in [4.78, 5) is 11.8. The maximum Gasteiger partial charge on any atom is 0.137 e. The van der Waals surface area contributed by atoms with Gasteiger partial charge >= 0.3 is 0 Å². The summed E-state index contributed by atoms with van der Waals surface area (Å²) in [6.07, 6.45) is 2.57. The van der Waals surface area contributed by atoms with E-state index in [0.717, 1.165) is 12.8 Å². The molecule has 0 radical (unpaired) electrons. The van der Waals surface area contributed by atoms with Crippen LogP contribution in [0.15, 0.2) is 18.2 Å². The third kappa shape index (κ3) is 5.15. The molecule has 1 aromatic rings. The standard InChI is InChI=1S/C14H19ClFNO/c1-10(6-7-17)2-5-13(18)8-11-3-4-12(16)9-14(11)15/h3-4,9-10H,2,5-8,17H2,1H3. The van der Waals surface area contributed by atoms with Crippen molar-refractivity contribution in [1.82, 2.24) is 0 Å². The number of hydrogen-bond acceptors (Lipinski definition) is 2. The van der Waals surface area contributed by atoms with E-state index in [1.807, 2.05) is 0 Å². The van der Waals surface area contributed by atoms with Crippen LogP contribution in [0.3, 0.4) is 0 Å². The smallest absolute Gasteiger partial charge is 0.137 e. The van der Waals surface area contributed by atoms with E-state index in [0.29, 0.717) is 29.5 Å². The molecule has 4 heteroatoms. The minimum absolute atomic E-state index is 0.132. The molecule has 0 amide bonds. The molecule has 0 bridgehead atoms. The Labute approximate surface area is 112 Å². The molecule has 0 spiro atoms. The molecule has 0 aliphatic carbocycles. The number of halogens is 2. The highest BCUT2D eigenvalue weighted by Crippen LogP contribution is 2.19. The Balaban J connectivity index is 2.44. The third-order valence-corrected chi connectivity index (χ3v) is 3.33. The highest BCUT2D eigenvalue weighted by molar-refractivity contribution is 6.31. The van der Waals surface area contributed by atoms with Gasteiger partial charge in [-0.05, 0) is 43.0 Å². The van der Waals surface area contributed by atoms with Crippen LogP contribution in [-0.4, -0.2) is 12.3 Å². The van der Waals surface area contributed by atoms with E-state index in [-0.39, 0.29) is 18.0 Å². The third-order valence-electron chi connectivity index (χ3n) is 2.98. The number of rotatable bonds is 7. The quantitative estimate of drug-likeness (QED) is 0.826. The molecule has 1 atom stereocenters. The molecule has 1 aromatic carbocycles. The highest BCUT2D eigenvalue weighted by atomic mass is 35.5. The number of benzene rings is 1. The summed E-state index contributed by atoms with van der Waals surface area (Å²) in [6, 6.07) is 4.13. The largest absolute Gasteiger partial charge is 0.330 e. The Kier molecular flexibility index (Phi) is 6.30. The molecule has 0 saturated heterocycles. The lowest BCUT2D eigenvalue weighted by molar-refractivity contribution is -0.118. The van der Waals surface area contributed by atoms with Gasteiger partial charge in [0.05, 0.1) is 0 Å². The molecule has 0 saturated carbocycles. The molecule has 18 heavy (non-hydrogen) atoms. The first-order valence-corrected chi connectivity index (χ1v) is 6.56. The van der Waals surface area contributed by atoms with Gasteiger partial charge < -0.3 is 5.73 Å². The normalized spacial score (nSPS) is 12.4. The van der Waals surface area contributed by atoms with Crippen LogP contribution >= 0.6 is 11.6 Å². The molecule has 2 nitrogen and oxygen atoms in total. The highest BCUT2D eigenvalue weighted by Gasteiger charge is 2.10. The minimum atomic E-state index is -0.382. The van der Waals surface area contributed by atoms with Gasteiger partial charge in [-0.3, -0.25) is 4.79 Å². The van der Waals surface area contributed by atoms with Gasteiger partial charge in [0.1, 0.15) is 11.6 Å². The number of ketones is 1. The zero-order valence-electron chi connectivity index (χ0n) is 10.6. The van der Waals surface area contributed by atoms with Crippen LogP contribution in [-0.2, 0) is 11.2 Å². The van der Waals surface area contributed by atoms with Crippen LogP contribution in [0, 0.1) is 11.7 Å². The van der Waals surface area contributed by atoms with E-state index in [2.05, 4.69) is 6.92 Å². The lowest BCUT2D eigenvalue weighted by atomic mass is 9.98. The predicted octanol–water partition coefficient (Wildman–Crippen LogP) is 3.36. The van der Waals surface area contributed by atoms with Gasteiger partial charge in [-0.15, -0.1) is 0 Å². The van der Waals surface area contributed by atoms with Crippen molar-refractivity contribution in [3.63, 3.8) is 0 Å². The maximum atomic E-state index is 12.8. The van der Waals surface area contributed by atoms with E-state index >= 15 is 0 Å². The van der Waals surface area contributed by atoms with E-state index in [4.69, 9.17) is 17.3 Å². The minimum Gasteiger partial charge on any atom is -0.330 e. The fourth-order valence-corrected chi connectivity index (χ4v) is 2.04. The van der Waals surface area contributed by atoms with E-state index in [1.54, 1.807) is 6.07 Å². The summed E-state index contributed by atoms with van der Waals surface area (Å²) < 4.78 is 12.8. The molecule has 100 valence electrons. The summed E-state index contributed by atoms with van der Waals surface area (Å²) in [5.74, 6) is 0.211. The molecular weight excluding hydrogens is 253 g/mol. The van der Waals surface area contributed by atoms with Gasteiger partial charge in [-0.1, -0.05) is 24.6 Å². The van der Waals surface area contributed by atoms with Crippen molar-refractivity contribution in [1.29, 1.82) is 0 Å². The van der Waals surface area contributed by atoms with Crippen LogP contribution in [0.4, 0.5) is 4.39 Å². The van der Waals surface area contributed by atoms with Crippen LogP contribution in [0.2, 0.25) is 5.02 Å². The molecule has 0 aromatic heterocycles. The monoisotopic (exact) mass is 271 g/mol. The first kappa shape index (κ1) is 15.1. The molecule has 0 aliphatic rings. The van der Waals surface area contributed by atoms with Gasteiger partial charge in [0, 0.05) is 17.9 Å². The van der Waals surface area contributed by atoms with Gasteiger partial charge in [0.25, 0.3) is 0 Å². The van der Waals surface area contributed by atoms with Gasteiger partial charge in [0.2, 0.25) is 0 Å². The SMILES string of the molecule is CC(CCN)CCC(=O)Cc1ccc(F)cc1Cl.